The topological polar surface area (TPSA) is 46.3 Å². The van der Waals surface area contributed by atoms with Gasteiger partial charge >= 0.3 is 0 Å². The zero-order valence-corrected chi connectivity index (χ0v) is 16.8. The van der Waals surface area contributed by atoms with Gasteiger partial charge in [-0.05, 0) is 47.9 Å². The first kappa shape index (κ1) is 19.5. The average molecular weight is 365 g/mol. The van der Waals surface area contributed by atoms with Gasteiger partial charge in [0.25, 0.3) is 0 Å². The molecule has 1 amide bonds. The molecule has 2 N–H and O–H groups in total. The summed E-state index contributed by atoms with van der Waals surface area (Å²) < 4.78 is 0. The highest BCUT2D eigenvalue weighted by molar-refractivity contribution is 5.76. The maximum atomic E-state index is 11.9. The lowest BCUT2D eigenvalue weighted by molar-refractivity contribution is -0.123. The second kappa shape index (κ2) is 8.60. The molecule has 3 atom stereocenters. The Hall–Kier alpha value is -2.29. The minimum absolute atomic E-state index is 0.106. The fourth-order valence-electron chi connectivity index (χ4n) is 4.38. The van der Waals surface area contributed by atoms with Crippen molar-refractivity contribution in [2.45, 2.75) is 39.5 Å². The molecule has 1 aliphatic rings. The van der Waals surface area contributed by atoms with Crippen LogP contribution in [0.3, 0.4) is 0 Å². The summed E-state index contributed by atoms with van der Waals surface area (Å²) in [5.74, 6) is 0.988. The summed E-state index contributed by atoms with van der Waals surface area (Å²) in [6.45, 7) is 8.39. The number of piperidine rings is 1. The monoisotopic (exact) mass is 364 g/mol. The molecular weight excluding hydrogens is 332 g/mol. The number of rotatable bonds is 6. The van der Waals surface area contributed by atoms with E-state index < -0.39 is 0 Å². The second-order valence-electron chi connectivity index (χ2n) is 8.37. The van der Waals surface area contributed by atoms with Gasteiger partial charge in [-0.2, -0.15) is 0 Å². The Morgan fingerprint density at radius 1 is 1.07 bits per heavy atom. The maximum absolute atomic E-state index is 11.9. The van der Waals surface area contributed by atoms with E-state index in [0.29, 0.717) is 17.8 Å². The molecule has 0 radical (unpaired) electrons. The van der Waals surface area contributed by atoms with Crippen LogP contribution >= 0.6 is 0 Å². The van der Waals surface area contributed by atoms with E-state index in [1.807, 2.05) is 13.0 Å². The van der Waals surface area contributed by atoms with E-state index in [1.165, 1.54) is 16.8 Å². The molecule has 3 rings (SSSR count). The number of carbonyl (C=O) groups excluding carboxylic acids is 1. The molecule has 0 bridgehead atoms. The molecule has 27 heavy (non-hydrogen) atoms. The van der Waals surface area contributed by atoms with Gasteiger partial charge in [0, 0.05) is 30.6 Å². The summed E-state index contributed by atoms with van der Waals surface area (Å²) in [7, 11) is 0. The Balaban J connectivity index is 1.81. The quantitative estimate of drug-likeness (QED) is 0.813. The van der Waals surface area contributed by atoms with Gasteiger partial charge in [-0.15, -0.1) is 0 Å². The predicted molar refractivity (Wildman–Crippen MR) is 113 cm³/mol. The van der Waals surface area contributed by atoms with Gasteiger partial charge in [0.15, 0.2) is 0 Å². The maximum Gasteiger partial charge on any atom is 0.220 e. The normalized spacial score (nSPS) is 21.3. The van der Waals surface area contributed by atoms with Gasteiger partial charge in [0.05, 0.1) is 0 Å². The van der Waals surface area contributed by atoms with Crippen molar-refractivity contribution < 1.29 is 4.79 Å². The van der Waals surface area contributed by atoms with Crippen LogP contribution in [-0.2, 0) is 11.2 Å². The van der Waals surface area contributed by atoms with Gasteiger partial charge in [-0.1, -0.05) is 63.2 Å². The van der Waals surface area contributed by atoms with Crippen molar-refractivity contribution in [3.05, 3.63) is 65.7 Å². The summed E-state index contributed by atoms with van der Waals surface area (Å²) in [5.41, 5.74) is 9.63. The molecule has 2 aromatic carbocycles. The first-order chi connectivity index (χ1) is 13.0. The zero-order valence-electron chi connectivity index (χ0n) is 16.8. The molecule has 3 heteroatoms. The molecule has 0 aromatic heterocycles. The van der Waals surface area contributed by atoms with Crippen molar-refractivity contribution in [1.29, 1.82) is 0 Å². The van der Waals surface area contributed by atoms with E-state index in [-0.39, 0.29) is 11.8 Å². The van der Waals surface area contributed by atoms with E-state index in [0.717, 1.165) is 25.9 Å². The standard InChI is InChI=1S/C24H32N2O/c1-17(2)15-19-9-11-21(12-10-19)26-14-13-22(18(3)24(25)27)23(16-26)20-7-5-4-6-8-20/h4-12,17-18,22-23H,13-16H2,1-3H3,(H2,25,27). The van der Waals surface area contributed by atoms with Crippen molar-refractivity contribution in [1.82, 2.24) is 0 Å². The van der Waals surface area contributed by atoms with Gasteiger partial charge in [-0.3, -0.25) is 4.79 Å². The third kappa shape index (κ3) is 4.71. The highest BCUT2D eigenvalue weighted by Crippen LogP contribution is 2.38. The van der Waals surface area contributed by atoms with Crippen molar-refractivity contribution in [2.24, 2.45) is 23.5 Å². The average Bonchev–Trinajstić information content (AvgIpc) is 2.68. The number of anilines is 1. The molecule has 1 fully saturated rings. The third-order valence-corrected chi connectivity index (χ3v) is 5.93. The third-order valence-electron chi connectivity index (χ3n) is 5.93. The Kier molecular flexibility index (Phi) is 6.20. The smallest absolute Gasteiger partial charge is 0.220 e. The van der Waals surface area contributed by atoms with Crippen molar-refractivity contribution in [2.75, 3.05) is 18.0 Å². The summed E-state index contributed by atoms with van der Waals surface area (Å²) in [5, 5.41) is 0. The van der Waals surface area contributed by atoms with Crippen LogP contribution in [0, 0.1) is 17.8 Å². The van der Waals surface area contributed by atoms with Crippen molar-refractivity contribution in [3.63, 3.8) is 0 Å². The molecule has 0 saturated carbocycles. The molecule has 1 heterocycles. The van der Waals surface area contributed by atoms with Crippen LogP contribution < -0.4 is 10.6 Å². The molecule has 3 unspecified atom stereocenters. The summed E-state index contributed by atoms with van der Waals surface area (Å²) in [6.07, 6.45) is 2.10. The van der Waals surface area contributed by atoms with Crippen molar-refractivity contribution in [3.8, 4) is 0 Å². The summed E-state index contributed by atoms with van der Waals surface area (Å²) >= 11 is 0. The number of hydrogen-bond donors (Lipinski definition) is 1. The highest BCUT2D eigenvalue weighted by Gasteiger charge is 2.35. The van der Waals surface area contributed by atoms with Crippen LogP contribution in [0.4, 0.5) is 5.69 Å². The van der Waals surface area contributed by atoms with E-state index in [9.17, 15) is 4.79 Å². The Morgan fingerprint density at radius 2 is 1.74 bits per heavy atom. The number of primary amides is 1. The van der Waals surface area contributed by atoms with Gasteiger partial charge in [0.2, 0.25) is 5.91 Å². The van der Waals surface area contributed by atoms with Gasteiger partial charge in [0.1, 0.15) is 0 Å². The second-order valence-corrected chi connectivity index (χ2v) is 8.37. The number of nitrogens with two attached hydrogens (primary N) is 1. The first-order valence-electron chi connectivity index (χ1n) is 10.1. The zero-order chi connectivity index (χ0) is 19.4. The Morgan fingerprint density at radius 3 is 2.33 bits per heavy atom. The molecule has 0 spiro atoms. The fraction of sp³-hybridized carbons (Fsp3) is 0.458. The number of amides is 1. The number of carbonyl (C=O) groups is 1. The SMILES string of the molecule is CC(C)Cc1ccc(N2CCC(C(C)C(N)=O)C(c3ccccc3)C2)cc1. The Labute approximate surface area is 163 Å². The largest absolute Gasteiger partial charge is 0.371 e. The minimum atomic E-state index is -0.188. The van der Waals surface area contributed by atoms with Gasteiger partial charge in [-0.25, -0.2) is 0 Å². The van der Waals surface area contributed by atoms with E-state index in [2.05, 4.69) is 67.3 Å². The van der Waals surface area contributed by atoms with E-state index in [4.69, 9.17) is 5.73 Å². The minimum Gasteiger partial charge on any atom is -0.371 e. The molecular formula is C24H32N2O. The molecule has 3 nitrogen and oxygen atoms in total. The molecule has 0 aliphatic carbocycles. The summed E-state index contributed by atoms with van der Waals surface area (Å²) in [4.78, 5) is 14.3. The van der Waals surface area contributed by atoms with Crippen molar-refractivity contribution >= 4 is 11.6 Å². The number of nitrogens with zero attached hydrogens (tertiary/aromatic N) is 1. The molecule has 1 saturated heterocycles. The van der Waals surface area contributed by atoms with Crippen LogP contribution in [0.25, 0.3) is 0 Å². The lowest BCUT2D eigenvalue weighted by atomic mass is 9.74. The highest BCUT2D eigenvalue weighted by atomic mass is 16.1. The van der Waals surface area contributed by atoms with E-state index >= 15 is 0 Å². The number of benzene rings is 2. The summed E-state index contributed by atoms with van der Waals surface area (Å²) in [6, 6.07) is 19.6. The fourth-order valence-corrected chi connectivity index (χ4v) is 4.38. The molecule has 1 aliphatic heterocycles. The van der Waals surface area contributed by atoms with Crippen LogP contribution in [0.1, 0.15) is 44.2 Å². The first-order valence-corrected chi connectivity index (χ1v) is 10.1. The van der Waals surface area contributed by atoms with Crippen LogP contribution in [0.15, 0.2) is 54.6 Å². The molecule has 2 aromatic rings. The lowest BCUT2D eigenvalue weighted by Crippen LogP contribution is -2.44. The number of hydrogen-bond acceptors (Lipinski definition) is 2. The predicted octanol–water partition coefficient (Wildman–Crippen LogP) is 4.62. The van der Waals surface area contributed by atoms with E-state index in [1.54, 1.807) is 0 Å². The van der Waals surface area contributed by atoms with Crippen LogP contribution in [0.5, 0.6) is 0 Å². The Bertz CT molecular complexity index is 739. The van der Waals surface area contributed by atoms with Gasteiger partial charge < -0.3 is 10.6 Å². The molecule has 144 valence electrons. The lowest BCUT2D eigenvalue weighted by Gasteiger charge is -2.42. The van der Waals surface area contributed by atoms with Crippen LogP contribution in [0.2, 0.25) is 0 Å². The van der Waals surface area contributed by atoms with Crippen LogP contribution in [-0.4, -0.2) is 19.0 Å².